The standard InChI is InChI=1S/C49H31N5/c1-4-16-32(17-5-1)47-50-48(33-18-6-2-7-19-33)52-49(51-47)40-30-31-43-45-37(24-14-25-38(40)45)39-26-15-29-44(46(39)53(43)34-20-8-3-9-21-34)54-41-27-12-10-22-35(41)36-23-11-13-28-42(36)54/h1-31H. The second-order valence-electron chi connectivity index (χ2n) is 13.6. The van der Waals surface area contributed by atoms with E-state index in [1.165, 1.54) is 32.9 Å². The lowest BCUT2D eigenvalue weighted by Crippen LogP contribution is -2.18. The van der Waals surface area contributed by atoms with Crippen molar-refractivity contribution >= 4 is 49.6 Å². The van der Waals surface area contributed by atoms with Crippen LogP contribution in [0.15, 0.2) is 188 Å². The number of hydrogen-bond donors (Lipinski definition) is 0. The molecular weight excluding hydrogens is 659 g/mol. The van der Waals surface area contributed by atoms with Gasteiger partial charge < -0.3 is 9.47 Å². The van der Waals surface area contributed by atoms with Crippen molar-refractivity contribution < 1.29 is 0 Å². The van der Waals surface area contributed by atoms with E-state index in [2.05, 4.69) is 161 Å². The first-order chi connectivity index (χ1) is 26.8. The maximum atomic E-state index is 5.14. The molecule has 5 nitrogen and oxygen atoms in total. The molecule has 0 fully saturated rings. The van der Waals surface area contributed by atoms with Gasteiger partial charge >= 0.3 is 0 Å². The van der Waals surface area contributed by atoms with Gasteiger partial charge in [0.05, 0.1) is 28.1 Å². The third-order valence-corrected chi connectivity index (χ3v) is 10.6. The number of anilines is 3. The first-order valence-corrected chi connectivity index (χ1v) is 18.2. The summed E-state index contributed by atoms with van der Waals surface area (Å²) >= 11 is 0. The zero-order valence-corrected chi connectivity index (χ0v) is 29.1. The SMILES string of the molecule is c1ccc(-c2nc(-c3ccccc3)nc(-c3ccc4c5c(cccc35)-c3cccc(-n5c6ccccc6c6ccccc65)c3N4c3ccccc3)n2)cc1. The lowest BCUT2D eigenvalue weighted by molar-refractivity contribution is 1.08. The van der Waals surface area contributed by atoms with Crippen LogP contribution in [0.5, 0.6) is 0 Å². The molecule has 0 bridgehead atoms. The number of fused-ring (bicyclic) bond motifs is 5. The van der Waals surface area contributed by atoms with Crippen LogP contribution < -0.4 is 4.90 Å². The molecule has 11 rings (SSSR count). The summed E-state index contributed by atoms with van der Waals surface area (Å²) in [5.74, 6) is 1.93. The molecule has 0 aliphatic carbocycles. The third-order valence-electron chi connectivity index (χ3n) is 10.6. The fourth-order valence-electron chi connectivity index (χ4n) is 8.23. The predicted molar refractivity (Wildman–Crippen MR) is 222 cm³/mol. The normalized spacial score (nSPS) is 12.0. The topological polar surface area (TPSA) is 46.8 Å². The van der Waals surface area contributed by atoms with Gasteiger partial charge in [0.1, 0.15) is 0 Å². The summed E-state index contributed by atoms with van der Waals surface area (Å²) in [4.78, 5) is 17.7. The molecule has 0 unspecified atom stereocenters. The Bertz CT molecular complexity index is 2930. The van der Waals surface area contributed by atoms with E-state index in [1.54, 1.807) is 0 Å². The van der Waals surface area contributed by atoms with Gasteiger partial charge in [-0.2, -0.15) is 0 Å². The van der Waals surface area contributed by atoms with Crippen LogP contribution >= 0.6 is 0 Å². The molecule has 252 valence electrons. The van der Waals surface area contributed by atoms with E-state index in [9.17, 15) is 0 Å². The van der Waals surface area contributed by atoms with E-state index >= 15 is 0 Å². The smallest absolute Gasteiger partial charge is 0.164 e. The second-order valence-corrected chi connectivity index (χ2v) is 13.6. The molecule has 8 aromatic carbocycles. The van der Waals surface area contributed by atoms with Crippen LogP contribution in [0.25, 0.3) is 83.6 Å². The molecule has 1 aliphatic rings. The Balaban J connectivity index is 1.20. The molecule has 0 saturated carbocycles. The van der Waals surface area contributed by atoms with Crippen molar-refractivity contribution in [2.75, 3.05) is 4.90 Å². The number of aromatic nitrogens is 4. The second kappa shape index (κ2) is 12.1. The summed E-state index contributed by atoms with van der Waals surface area (Å²) in [5, 5.41) is 4.72. The van der Waals surface area contributed by atoms with Crippen molar-refractivity contribution in [3.8, 4) is 51.0 Å². The van der Waals surface area contributed by atoms with E-state index in [4.69, 9.17) is 15.0 Å². The highest BCUT2D eigenvalue weighted by Gasteiger charge is 2.31. The molecule has 3 heterocycles. The minimum absolute atomic E-state index is 0.641. The fourth-order valence-corrected chi connectivity index (χ4v) is 8.23. The molecule has 0 radical (unpaired) electrons. The van der Waals surface area contributed by atoms with Crippen LogP contribution in [0.3, 0.4) is 0 Å². The van der Waals surface area contributed by atoms with Crippen molar-refractivity contribution in [3.63, 3.8) is 0 Å². The summed E-state index contributed by atoms with van der Waals surface area (Å²) in [6.45, 7) is 0. The van der Waals surface area contributed by atoms with Gasteiger partial charge in [-0.1, -0.05) is 146 Å². The highest BCUT2D eigenvalue weighted by molar-refractivity contribution is 6.19. The molecule has 2 aromatic heterocycles. The number of benzene rings is 8. The highest BCUT2D eigenvalue weighted by Crippen LogP contribution is 2.54. The Morgan fingerprint density at radius 3 is 1.50 bits per heavy atom. The summed E-state index contributed by atoms with van der Waals surface area (Å²) < 4.78 is 2.43. The summed E-state index contributed by atoms with van der Waals surface area (Å²) in [6.07, 6.45) is 0. The van der Waals surface area contributed by atoms with Gasteiger partial charge in [-0.25, -0.2) is 15.0 Å². The lowest BCUT2D eigenvalue weighted by atomic mass is 9.88. The molecule has 0 amide bonds. The largest absolute Gasteiger partial charge is 0.307 e. The van der Waals surface area contributed by atoms with Crippen LogP contribution in [-0.4, -0.2) is 19.5 Å². The predicted octanol–water partition coefficient (Wildman–Crippen LogP) is 12.6. The first kappa shape index (κ1) is 30.3. The van der Waals surface area contributed by atoms with Crippen LogP contribution in [-0.2, 0) is 0 Å². The van der Waals surface area contributed by atoms with Gasteiger partial charge in [-0.3, -0.25) is 0 Å². The molecule has 10 aromatic rings. The third kappa shape index (κ3) is 4.62. The lowest BCUT2D eigenvalue weighted by Gasteiger charge is -2.35. The van der Waals surface area contributed by atoms with Crippen molar-refractivity contribution in [2.45, 2.75) is 0 Å². The van der Waals surface area contributed by atoms with E-state index < -0.39 is 0 Å². The zero-order chi connectivity index (χ0) is 35.6. The van der Waals surface area contributed by atoms with Crippen LogP contribution in [0, 0.1) is 0 Å². The number of para-hydroxylation sites is 4. The van der Waals surface area contributed by atoms with Crippen molar-refractivity contribution in [3.05, 3.63) is 188 Å². The number of rotatable bonds is 5. The van der Waals surface area contributed by atoms with Crippen LogP contribution in [0.2, 0.25) is 0 Å². The molecule has 1 aliphatic heterocycles. The van der Waals surface area contributed by atoms with Gasteiger partial charge in [-0.15, -0.1) is 0 Å². The van der Waals surface area contributed by atoms with E-state index in [-0.39, 0.29) is 0 Å². The molecule has 0 spiro atoms. The minimum Gasteiger partial charge on any atom is -0.307 e. The van der Waals surface area contributed by atoms with Crippen LogP contribution in [0.4, 0.5) is 17.1 Å². The van der Waals surface area contributed by atoms with Gasteiger partial charge in [0, 0.05) is 44.1 Å². The quantitative estimate of drug-likeness (QED) is 0.180. The average Bonchev–Trinajstić information content (AvgIpc) is 3.59. The summed E-state index contributed by atoms with van der Waals surface area (Å²) in [5.41, 5.74) is 12.0. The Morgan fingerprint density at radius 1 is 0.333 bits per heavy atom. The number of nitrogens with zero attached hydrogens (tertiary/aromatic N) is 5. The van der Waals surface area contributed by atoms with E-state index in [0.717, 1.165) is 50.2 Å². The Labute approximate surface area is 312 Å². The summed E-state index contributed by atoms with van der Waals surface area (Å²) in [6, 6.07) is 66.2. The van der Waals surface area contributed by atoms with Gasteiger partial charge in [0.25, 0.3) is 0 Å². The molecule has 0 N–H and O–H groups in total. The molecule has 54 heavy (non-hydrogen) atoms. The van der Waals surface area contributed by atoms with Crippen LogP contribution in [0.1, 0.15) is 0 Å². The Kier molecular flexibility index (Phi) is 6.79. The van der Waals surface area contributed by atoms with Gasteiger partial charge in [-0.05, 0) is 53.4 Å². The van der Waals surface area contributed by atoms with Crippen molar-refractivity contribution in [2.24, 2.45) is 0 Å². The summed E-state index contributed by atoms with van der Waals surface area (Å²) in [7, 11) is 0. The average molecular weight is 690 g/mol. The molecule has 5 heteroatoms. The van der Waals surface area contributed by atoms with Crippen molar-refractivity contribution in [1.29, 1.82) is 0 Å². The Morgan fingerprint density at radius 2 is 0.852 bits per heavy atom. The monoisotopic (exact) mass is 689 g/mol. The maximum Gasteiger partial charge on any atom is 0.164 e. The molecular formula is C49H31N5. The molecule has 0 atom stereocenters. The first-order valence-electron chi connectivity index (χ1n) is 18.2. The molecule has 0 saturated heterocycles. The fraction of sp³-hybridized carbons (Fsp3) is 0. The zero-order valence-electron chi connectivity index (χ0n) is 29.1. The van der Waals surface area contributed by atoms with Gasteiger partial charge in [0.2, 0.25) is 0 Å². The van der Waals surface area contributed by atoms with Gasteiger partial charge in [0.15, 0.2) is 17.5 Å². The minimum atomic E-state index is 0.641. The van der Waals surface area contributed by atoms with E-state index in [0.29, 0.717) is 17.5 Å². The van der Waals surface area contributed by atoms with E-state index in [1.807, 2.05) is 36.4 Å². The van der Waals surface area contributed by atoms with Crippen molar-refractivity contribution in [1.82, 2.24) is 19.5 Å². The maximum absolute atomic E-state index is 5.14. The number of hydrogen-bond acceptors (Lipinski definition) is 4. The Hall–Kier alpha value is -7.37. The highest BCUT2D eigenvalue weighted by atomic mass is 15.2.